The van der Waals surface area contributed by atoms with E-state index < -0.39 is 5.79 Å². The quantitative estimate of drug-likeness (QED) is 0.686. The maximum atomic E-state index is 9.96. The molecule has 2 nitrogen and oxygen atoms in total. The van der Waals surface area contributed by atoms with Crippen molar-refractivity contribution in [2.24, 2.45) is 11.8 Å². The molecule has 0 aromatic carbocycles. The minimum absolute atomic E-state index is 0.137. The predicted octanol–water partition coefficient (Wildman–Crippen LogP) is 3.09. The fraction of sp³-hybridized carbons (Fsp3) is 1.00. The van der Waals surface area contributed by atoms with Crippen molar-refractivity contribution in [3.63, 3.8) is 0 Å². The van der Waals surface area contributed by atoms with Gasteiger partial charge in [-0.05, 0) is 18.3 Å². The lowest BCUT2D eigenvalue weighted by Crippen LogP contribution is -2.46. The van der Waals surface area contributed by atoms with Gasteiger partial charge >= 0.3 is 0 Å². The van der Waals surface area contributed by atoms with E-state index in [9.17, 15) is 5.11 Å². The Morgan fingerprint density at radius 2 is 2.20 bits per heavy atom. The molecule has 2 fully saturated rings. The SMILES string of the molecule is CCCCC(CC)CC12OC1(O)CC2C. The van der Waals surface area contributed by atoms with Gasteiger partial charge in [-0.3, -0.25) is 0 Å². The van der Waals surface area contributed by atoms with Crippen molar-refractivity contribution >= 4 is 0 Å². The standard InChI is InChI=1S/C13H24O2/c1-4-6-7-11(5-2)9-12-10(3)8-13(12,14)15-12/h10-11,14H,4-9H2,1-3H3. The van der Waals surface area contributed by atoms with Gasteiger partial charge in [-0.15, -0.1) is 0 Å². The number of epoxide rings is 1. The second-order valence-corrected chi connectivity index (χ2v) is 5.50. The Morgan fingerprint density at radius 1 is 1.47 bits per heavy atom. The van der Waals surface area contributed by atoms with Crippen LogP contribution in [-0.4, -0.2) is 16.5 Å². The minimum atomic E-state index is -0.716. The number of ether oxygens (including phenoxy) is 1. The van der Waals surface area contributed by atoms with Crippen LogP contribution in [0.3, 0.4) is 0 Å². The lowest BCUT2D eigenvalue weighted by molar-refractivity contribution is -0.0155. The van der Waals surface area contributed by atoms with Crippen molar-refractivity contribution in [3.05, 3.63) is 0 Å². The number of aliphatic hydroxyl groups is 1. The topological polar surface area (TPSA) is 32.8 Å². The summed E-state index contributed by atoms with van der Waals surface area (Å²) in [6.07, 6.45) is 7.00. The number of unbranched alkanes of at least 4 members (excludes halogenated alkanes) is 1. The largest absolute Gasteiger partial charge is 0.363 e. The van der Waals surface area contributed by atoms with Crippen LogP contribution < -0.4 is 0 Å². The Morgan fingerprint density at radius 3 is 2.60 bits per heavy atom. The minimum Gasteiger partial charge on any atom is -0.363 e. The predicted molar refractivity (Wildman–Crippen MR) is 60.5 cm³/mol. The van der Waals surface area contributed by atoms with Gasteiger partial charge in [0.25, 0.3) is 0 Å². The monoisotopic (exact) mass is 212 g/mol. The van der Waals surface area contributed by atoms with Crippen LogP contribution >= 0.6 is 0 Å². The smallest absolute Gasteiger partial charge is 0.196 e. The molecule has 1 saturated heterocycles. The van der Waals surface area contributed by atoms with Crippen molar-refractivity contribution in [2.75, 3.05) is 0 Å². The van der Waals surface area contributed by atoms with Gasteiger partial charge in [0.2, 0.25) is 0 Å². The lowest BCUT2D eigenvalue weighted by atomic mass is 9.67. The highest BCUT2D eigenvalue weighted by atomic mass is 16.8. The van der Waals surface area contributed by atoms with E-state index in [1.165, 1.54) is 25.7 Å². The van der Waals surface area contributed by atoms with Gasteiger partial charge in [0.05, 0.1) is 0 Å². The van der Waals surface area contributed by atoms with E-state index in [1.54, 1.807) is 0 Å². The van der Waals surface area contributed by atoms with E-state index in [0.717, 1.165) is 18.8 Å². The first-order valence-corrected chi connectivity index (χ1v) is 6.50. The summed E-state index contributed by atoms with van der Waals surface area (Å²) >= 11 is 0. The molecule has 4 unspecified atom stereocenters. The molecule has 0 amide bonds. The number of hydrogen-bond acceptors (Lipinski definition) is 2. The molecule has 2 rings (SSSR count). The molecule has 4 atom stereocenters. The van der Waals surface area contributed by atoms with Crippen LogP contribution in [0.4, 0.5) is 0 Å². The van der Waals surface area contributed by atoms with Crippen LogP contribution in [0.25, 0.3) is 0 Å². The van der Waals surface area contributed by atoms with E-state index in [1.807, 2.05) is 0 Å². The third kappa shape index (κ3) is 1.62. The molecule has 2 aliphatic rings. The molecular weight excluding hydrogens is 188 g/mol. The molecule has 0 spiro atoms. The van der Waals surface area contributed by atoms with Gasteiger partial charge < -0.3 is 9.84 Å². The zero-order chi connectivity index (χ0) is 11.1. The molecule has 2 heteroatoms. The Kier molecular flexibility index (Phi) is 2.85. The third-order valence-electron chi connectivity index (χ3n) is 4.48. The first-order chi connectivity index (χ1) is 7.08. The van der Waals surface area contributed by atoms with Crippen LogP contribution in [-0.2, 0) is 4.74 Å². The van der Waals surface area contributed by atoms with E-state index in [4.69, 9.17) is 4.74 Å². The first kappa shape index (κ1) is 11.4. The molecule has 1 heterocycles. The second-order valence-electron chi connectivity index (χ2n) is 5.50. The third-order valence-corrected chi connectivity index (χ3v) is 4.48. The van der Waals surface area contributed by atoms with Gasteiger partial charge in [-0.2, -0.15) is 0 Å². The molecule has 0 radical (unpaired) electrons. The van der Waals surface area contributed by atoms with Crippen molar-refractivity contribution in [3.8, 4) is 0 Å². The molecule has 1 aliphatic heterocycles. The van der Waals surface area contributed by atoms with Crippen LogP contribution in [0, 0.1) is 11.8 Å². The summed E-state index contributed by atoms with van der Waals surface area (Å²) in [5.74, 6) is 0.575. The summed E-state index contributed by atoms with van der Waals surface area (Å²) in [6, 6.07) is 0. The summed E-state index contributed by atoms with van der Waals surface area (Å²) in [7, 11) is 0. The molecule has 1 aliphatic carbocycles. The molecule has 15 heavy (non-hydrogen) atoms. The fourth-order valence-electron chi connectivity index (χ4n) is 3.20. The summed E-state index contributed by atoms with van der Waals surface area (Å²) in [5, 5.41) is 9.96. The average molecular weight is 212 g/mol. The highest BCUT2D eigenvalue weighted by Gasteiger charge is 2.80. The molecule has 0 aromatic rings. The maximum Gasteiger partial charge on any atom is 0.196 e. The van der Waals surface area contributed by atoms with Crippen LogP contribution in [0.1, 0.15) is 59.3 Å². The van der Waals surface area contributed by atoms with Gasteiger partial charge in [-0.1, -0.05) is 46.5 Å². The summed E-state index contributed by atoms with van der Waals surface area (Å²) < 4.78 is 5.58. The fourth-order valence-corrected chi connectivity index (χ4v) is 3.20. The number of hydrogen-bond donors (Lipinski definition) is 1. The Labute approximate surface area is 93.0 Å². The first-order valence-electron chi connectivity index (χ1n) is 6.50. The van der Waals surface area contributed by atoms with Gasteiger partial charge in [0.15, 0.2) is 5.79 Å². The zero-order valence-electron chi connectivity index (χ0n) is 10.3. The average Bonchev–Trinajstić information content (AvgIpc) is 2.70. The summed E-state index contributed by atoms with van der Waals surface area (Å²) in [5.41, 5.74) is -0.137. The van der Waals surface area contributed by atoms with Gasteiger partial charge in [0.1, 0.15) is 5.60 Å². The Hall–Kier alpha value is -0.0800. The van der Waals surface area contributed by atoms with Gasteiger partial charge in [0, 0.05) is 6.42 Å². The van der Waals surface area contributed by atoms with Gasteiger partial charge in [-0.25, -0.2) is 0 Å². The van der Waals surface area contributed by atoms with E-state index in [0.29, 0.717) is 5.92 Å². The lowest BCUT2D eigenvalue weighted by Gasteiger charge is -2.34. The number of rotatable bonds is 6. The summed E-state index contributed by atoms with van der Waals surface area (Å²) in [6.45, 7) is 6.69. The van der Waals surface area contributed by atoms with Crippen molar-refractivity contribution in [1.29, 1.82) is 0 Å². The molecule has 1 N–H and O–H groups in total. The Balaban J connectivity index is 1.85. The van der Waals surface area contributed by atoms with E-state index in [-0.39, 0.29) is 5.60 Å². The van der Waals surface area contributed by atoms with Crippen LogP contribution in [0.5, 0.6) is 0 Å². The van der Waals surface area contributed by atoms with Crippen molar-refractivity contribution in [1.82, 2.24) is 0 Å². The Bertz CT molecular complexity index is 241. The zero-order valence-corrected chi connectivity index (χ0v) is 10.3. The molecule has 0 bridgehead atoms. The highest BCUT2D eigenvalue weighted by molar-refractivity contribution is 5.21. The van der Waals surface area contributed by atoms with E-state index >= 15 is 0 Å². The number of fused-ring (bicyclic) bond motifs is 1. The molecule has 0 aromatic heterocycles. The molecular formula is C13H24O2. The van der Waals surface area contributed by atoms with Crippen molar-refractivity contribution in [2.45, 2.75) is 70.7 Å². The molecule has 1 saturated carbocycles. The maximum absolute atomic E-state index is 9.96. The van der Waals surface area contributed by atoms with Crippen LogP contribution in [0.15, 0.2) is 0 Å². The normalized spacial score (nSPS) is 44.4. The van der Waals surface area contributed by atoms with E-state index in [2.05, 4.69) is 20.8 Å². The highest BCUT2D eigenvalue weighted by Crippen LogP contribution is 2.68. The van der Waals surface area contributed by atoms with Crippen LogP contribution in [0.2, 0.25) is 0 Å². The van der Waals surface area contributed by atoms with Crippen molar-refractivity contribution < 1.29 is 9.84 Å². The molecule has 88 valence electrons. The summed E-state index contributed by atoms with van der Waals surface area (Å²) in [4.78, 5) is 0. The second kappa shape index (κ2) is 3.74.